The molecule has 0 bridgehead atoms. The molecule has 1 aromatic rings. The van der Waals surface area contributed by atoms with Gasteiger partial charge in [0.2, 0.25) is 5.91 Å². The SMILES string of the molecule is O=C(CCCC(=O)N1CCCC2CCCCC21)CC1(c2cccs2)CCOCC1. The molecule has 5 heteroatoms. The number of hydrogen-bond acceptors (Lipinski definition) is 4. The van der Waals surface area contributed by atoms with Gasteiger partial charge in [-0.25, -0.2) is 0 Å². The first-order valence-corrected chi connectivity index (χ1v) is 12.5. The lowest BCUT2D eigenvalue weighted by atomic mass is 9.74. The number of amides is 1. The topological polar surface area (TPSA) is 46.6 Å². The maximum Gasteiger partial charge on any atom is 0.222 e. The lowest BCUT2D eigenvalue weighted by Gasteiger charge is -2.44. The van der Waals surface area contributed by atoms with E-state index in [2.05, 4.69) is 22.4 Å². The molecule has 2 unspecified atom stereocenters. The minimum atomic E-state index is -0.0459. The Balaban J connectivity index is 1.27. The Morgan fingerprint density at radius 2 is 1.90 bits per heavy atom. The van der Waals surface area contributed by atoms with Gasteiger partial charge in [-0.05, 0) is 62.3 Å². The first kappa shape index (κ1) is 21.0. The summed E-state index contributed by atoms with van der Waals surface area (Å²) in [6.45, 7) is 2.40. The van der Waals surface area contributed by atoms with Crippen LogP contribution in [0.3, 0.4) is 0 Å². The first-order valence-electron chi connectivity index (χ1n) is 11.6. The Labute approximate surface area is 179 Å². The highest BCUT2D eigenvalue weighted by atomic mass is 32.1. The number of nitrogens with zero attached hydrogens (tertiary/aromatic N) is 1. The maximum absolute atomic E-state index is 12.9. The number of piperidine rings is 1. The summed E-state index contributed by atoms with van der Waals surface area (Å²) in [6, 6.07) is 4.73. The molecule has 4 rings (SSSR count). The van der Waals surface area contributed by atoms with Gasteiger partial charge in [0.05, 0.1) is 0 Å². The van der Waals surface area contributed by atoms with Gasteiger partial charge in [0, 0.05) is 55.4 Å². The van der Waals surface area contributed by atoms with Gasteiger partial charge in [-0.1, -0.05) is 18.9 Å². The number of thiophene rings is 1. The lowest BCUT2D eigenvalue weighted by Crippen LogP contribution is -2.49. The van der Waals surface area contributed by atoms with Gasteiger partial charge in [0.25, 0.3) is 0 Å². The number of carbonyl (C=O) groups excluding carboxylic acids is 2. The Morgan fingerprint density at radius 1 is 1.10 bits per heavy atom. The standard InChI is InChI=1S/C24H35NO3S/c26-20(18-24(12-15-28-16-13-24)22-10-5-17-29-22)8-3-11-23(27)25-14-4-7-19-6-1-2-9-21(19)25/h5,10,17,19,21H,1-4,6-9,11-16,18H2. The van der Waals surface area contributed by atoms with E-state index >= 15 is 0 Å². The minimum Gasteiger partial charge on any atom is -0.381 e. The number of Topliss-reactive ketones (excluding diaryl/α,β-unsaturated/α-hetero) is 1. The van der Waals surface area contributed by atoms with Crippen molar-refractivity contribution in [3.63, 3.8) is 0 Å². The third kappa shape index (κ3) is 4.93. The molecule has 3 fully saturated rings. The predicted molar refractivity (Wildman–Crippen MR) is 116 cm³/mol. The van der Waals surface area contributed by atoms with Crippen LogP contribution in [0.5, 0.6) is 0 Å². The van der Waals surface area contributed by atoms with Crippen molar-refractivity contribution < 1.29 is 14.3 Å². The summed E-state index contributed by atoms with van der Waals surface area (Å²) in [4.78, 5) is 29.2. The van der Waals surface area contributed by atoms with Crippen molar-refractivity contribution >= 4 is 23.0 Å². The van der Waals surface area contributed by atoms with Gasteiger partial charge in [-0.15, -0.1) is 11.3 Å². The van der Waals surface area contributed by atoms with Crippen LogP contribution in [0, 0.1) is 5.92 Å². The van der Waals surface area contributed by atoms with Gasteiger partial charge >= 0.3 is 0 Å². The molecule has 0 radical (unpaired) electrons. The van der Waals surface area contributed by atoms with Crippen LogP contribution in [0.15, 0.2) is 17.5 Å². The quantitative estimate of drug-likeness (QED) is 0.619. The Bertz CT molecular complexity index is 678. The van der Waals surface area contributed by atoms with Crippen molar-refractivity contribution in [2.24, 2.45) is 5.92 Å². The lowest BCUT2D eigenvalue weighted by molar-refractivity contribution is -0.137. The molecule has 3 aliphatic rings. The molecule has 0 spiro atoms. The van der Waals surface area contributed by atoms with Gasteiger partial charge in [-0.2, -0.15) is 0 Å². The van der Waals surface area contributed by atoms with Crippen LogP contribution >= 0.6 is 11.3 Å². The molecular weight excluding hydrogens is 382 g/mol. The van der Waals surface area contributed by atoms with E-state index in [1.165, 1.54) is 37.0 Å². The molecule has 2 atom stereocenters. The fraction of sp³-hybridized carbons (Fsp3) is 0.750. The maximum atomic E-state index is 12.9. The molecule has 1 amide bonds. The zero-order chi connectivity index (χ0) is 20.1. The second kappa shape index (κ2) is 9.74. The van der Waals surface area contributed by atoms with Gasteiger partial charge in [0.1, 0.15) is 5.78 Å². The largest absolute Gasteiger partial charge is 0.381 e. The third-order valence-electron chi connectivity index (χ3n) is 7.44. The smallest absolute Gasteiger partial charge is 0.222 e. The van der Waals surface area contributed by atoms with E-state index in [0.717, 1.165) is 44.9 Å². The average Bonchev–Trinajstić information content (AvgIpc) is 3.29. The highest BCUT2D eigenvalue weighted by Crippen LogP contribution is 2.41. The van der Waals surface area contributed by atoms with E-state index in [4.69, 9.17) is 4.74 Å². The second-order valence-electron chi connectivity index (χ2n) is 9.28. The number of carbonyl (C=O) groups is 2. The molecule has 1 saturated carbocycles. The summed E-state index contributed by atoms with van der Waals surface area (Å²) >= 11 is 1.76. The van der Waals surface area contributed by atoms with Crippen LogP contribution in [0.2, 0.25) is 0 Å². The van der Waals surface area contributed by atoms with Crippen LogP contribution in [0.1, 0.15) is 81.9 Å². The van der Waals surface area contributed by atoms with Gasteiger partial charge in [0.15, 0.2) is 0 Å². The number of ether oxygens (including phenoxy) is 1. The fourth-order valence-electron chi connectivity index (χ4n) is 5.83. The van der Waals surface area contributed by atoms with Crippen LogP contribution in [0.4, 0.5) is 0 Å². The molecule has 29 heavy (non-hydrogen) atoms. The van der Waals surface area contributed by atoms with E-state index < -0.39 is 0 Å². The van der Waals surface area contributed by atoms with E-state index in [-0.39, 0.29) is 11.3 Å². The van der Waals surface area contributed by atoms with E-state index in [0.29, 0.717) is 37.5 Å². The summed E-state index contributed by atoms with van der Waals surface area (Å²) in [5.74, 6) is 1.32. The Hall–Kier alpha value is -1.20. The predicted octanol–water partition coefficient (Wildman–Crippen LogP) is 5.11. The van der Waals surface area contributed by atoms with Gasteiger partial charge < -0.3 is 9.64 Å². The van der Waals surface area contributed by atoms with Crippen molar-refractivity contribution in [3.05, 3.63) is 22.4 Å². The molecule has 160 valence electrons. The van der Waals surface area contributed by atoms with Crippen LogP contribution < -0.4 is 0 Å². The van der Waals surface area contributed by atoms with Crippen LogP contribution in [-0.2, 0) is 19.7 Å². The summed E-state index contributed by atoms with van der Waals surface area (Å²) in [6.07, 6.45) is 11.7. The van der Waals surface area contributed by atoms with E-state index in [1.807, 2.05) is 0 Å². The van der Waals surface area contributed by atoms with Gasteiger partial charge in [-0.3, -0.25) is 9.59 Å². The molecule has 2 aliphatic heterocycles. The van der Waals surface area contributed by atoms with Crippen molar-refractivity contribution in [2.45, 2.75) is 88.5 Å². The molecule has 1 aromatic heterocycles. The number of likely N-dealkylation sites (tertiary alicyclic amines) is 1. The summed E-state index contributed by atoms with van der Waals surface area (Å²) in [7, 11) is 0. The number of ketones is 1. The van der Waals surface area contributed by atoms with E-state index in [9.17, 15) is 9.59 Å². The normalized spacial score (nSPS) is 26.7. The molecule has 0 N–H and O–H groups in total. The van der Waals surface area contributed by atoms with Crippen molar-refractivity contribution in [1.82, 2.24) is 4.90 Å². The molecule has 0 aromatic carbocycles. The van der Waals surface area contributed by atoms with Crippen LogP contribution in [-0.4, -0.2) is 42.4 Å². The molecule has 1 aliphatic carbocycles. The second-order valence-corrected chi connectivity index (χ2v) is 10.2. The zero-order valence-corrected chi connectivity index (χ0v) is 18.4. The molecule has 3 heterocycles. The summed E-state index contributed by atoms with van der Waals surface area (Å²) < 4.78 is 5.57. The Morgan fingerprint density at radius 3 is 2.69 bits per heavy atom. The molecule has 2 saturated heterocycles. The van der Waals surface area contributed by atoms with Crippen LogP contribution in [0.25, 0.3) is 0 Å². The highest BCUT2D eigenvalue weighted by Gasteiger charge is 2.38. The van der Waals surface area contributed by atoms with E-state index in [1.54, 1.807) is 11.3 Å². The van der Waals surface area contributed by atoms with Crippen molar-refractivity contribution in [2.75, 3.05) is 19.8 Å². The highest BCUT2D eigenvalue weighted by molar-refractivity contribution is 7.10. The minimum absolute atomic E-state index is 0.0459. The summed E-state index contributed by atoms with van der Waals surface area (Å²) in [5, 5.41) is 2.10. The zero-order valence-electron chi connectivity index (χ0n) is 17.6. The average molecular weight is 418 g/mol. The third-order valence-corrected chi connectivity index (χ3v) is 8.56. The fourth-order valence-corrected chi connectivity index (χ4v) is 6.82. The number of rotatable bonds is 7. The van der Waals surface area contributed by atoms with Crippen molar-refractivity contribution in [1.29, 1.82) is 0 Å². The number of hydrogen-bond donors (Lipinski definition) is 0. The number of fused-ring (bicyclic) bond motifs is 1. The first-order chi connectivity index (χ1) is 14.2. The molecule has 4 nitrogen and oxygen atoms in total. The summed E-state index contributed by atoms with van der Waals surface area (Å²) in [5.41, 5.74) is -0.0459. The van der Waals surface area contributed by atoms with Crippen molar-refractivity contribution in [3.8, 4) is 0 Å². The molecular formula is C24H35NO3S. The Kier molecular flexibility index (Phi) is 7.07. The monoisotopic (exact) mass is 417 g/mol.